The maximum Gasteiger partial charge on any atom is 0.254 e. The molecule has 1 aliphatic rings. The summed E-state index contributed by atoms with van der Waals surface area (Å²) in [5.74, 6) is 0.0621. The molecule has 2 aromatic rings. The molecule has 0 N–H and O–H groups in total. The topological polar surface area (TPSA) is 29.5 Å². The third-order valence-electron chi connectivity index (χ3n) is 4.13. The van der Waals surface area contributed by atoms with Crippen LogP contribution in [0.4, 0.5) is 0 Å². The first kappa shape index (κ1) is 16.5. The van der Waals surface area contributed by atoms with Crippen LogP contribution >= 0.6 is 0 Å². The summed E-state index contributed by atoms with van der Waals surface area (Å²) in [7, 11) is 0. The molecule has 0 radical (unpaired) electrons. The molecule has 1 aliphatic heterocycles. The molecule has 0 spiro atoms. The second-order valence-electron chi connectivity index (χ2n) is 6.30. The standard InChI is InChI=1S/C21H23NO2/c1-16-14-22(15-17(2)24-16)21(23)20(19-11-7-4-8-12-19)13-18-9-5-3-6-10-18/h3-13,16-17H,14-15H2,1-2H3. The monoisotopic (exact) mass is 321 g/mol. The summed E-state index contributed by atoms with van der Waals surface area (Å²) in [5, 5.41) is 0. The van der Waals surface area contributed by atoms with E-state index >= 15 is 0 Å². The molecule has 2 unspecified atom stereocenters. The van der Waals surface area contributed by atoms with Crippen LogP contribution in [-0.4, -0.2) is 36.1 Å². The highest BCUT2D eigenvalue weighted by atomic mass is 16.5. The maximum absolute atomic E-state index is 13.2. The van der Waals surface area contributed by atoms with Gasteiger partial charge in [-0.1, -0.05) is 60.7 Å². The van der Waals surface area contributed by atoms with Crippen LogP contribution in [0.3, 0.4) is 0 Å². The second-order valence-corrected chi connectivity index (χ2v) is 6.30. The van der Waals surface area contributed by atoms with Crippen LogP contribution in [0.2, 0.25) is 0 Å². The molecule has 1 saturated heterocycles. The molecule has 1 heterocycles. The van der Waals surface area contributed by atoms with Gasteiger partial charge in [0.2, 0.25) is 0 Å². The quantitative estimate of drug-likeness (QED) is 0.634. The molecule has 0 aromatic heterocycles. The zero-order valence-electron chi connectivity index (χ0n) is 14.2. The van der Waals surface area contributed by atoms with E-state index in [-0.39, 0.29) is 18.1 Å². The van der Waals surface area contributed by atoms with Gasteiger partial charge in [0.25, 0.3) is 5.91 Å². The van der Waals surface area contributed by atoms with Crippen molar-refractivity contribution in [1.82, 2.24) is 4.90 Å². The van der Waals surface area contributed by atoms with Crippen molar-refractivity contribution in [2.45, 2.75) is 26.1 Å². The average Bonchev–Trinajstić information content (AvgIpc) is 2.60. The first-order valence-electron chi connectivity index (χ1n) is 8.40. The molecule has 1 fully saturated rings. The van der Waals surface area contributed by atoms with Crippen molar-refractivity contribution in [1.29, 1.82) is 0 Å². The van der Waals surface area contributed by atoms with Gasteiger partial charge in [0.1, 0.15) is 0 Å². The van der Waals surface area contributed by atoms with Crippen molar-refractivity contribution < 1.29 is 9.53 Å². The lowest BCUT2D eigenvalue weighted by molar-refractivity contribution is -0.136. The Bertz CT molecular complexity index is 699. The first-order valence-corrected chi connectivity index (χ1v) is 8.40. The van der Waals surface area contributed by atoms with Crippen LogP contribution in [-0.2, 0) is 9.53 Å². The smallest absolute Gasteiger partial charge is 0.254 e. The Morgan fingerprint density at radius 3 is 2.08 bits per heavy atom. The summed E-state index contributed by atoms with van der Waals surface area (Å²) in [4.78, 5) is 15.1. The van der Waals surface area contributed by atoms with Gasteiger partial charge in [0, 0.05) is 18.7 Å². The van der Waals surface area contributed by atoms with Crippen molar-refractivity contribution in [2.24, 2.45) is 0 Å². The molecule has 2 atom stereocenters. The van der Waals surface area contributed by atoms with Crippen LogP contribution in [0, 0.1) is 0 Å². The highest BCUT2D eigenvalue weighted by Gasteiger charge is 2.28. The third-order valence-corrected chi connectivity index (χ3v) is 4.13. The van der Waals surface area contributed by atoms with Gasteiger partial charge in [0.05, 0.1) is 12.2 Å². The summed E-state index contributed by atoms with van der Waals surface area (Å²) < 4.78 is 5.76. The van der Waals surface area contributed by atoms with E-state index < -0.39 is 0 Å². The summed E-state index contributed by atoms with van der Waals surface area (Å²) >= 11 is 0. The molecular weight excluding hydrogens is 298 g/mol. The number of nitrogens with zero attached hydrogens (tertiary/aromatic N) is 1. The van der Waals surface area contributed by atoms with Gasteiger partial charge in [-0.05, 0) is 31.1 Å². The van der Waals surface area contributed by atoms with Crippen molar-refractivity contribution in [3.63, 3.8) is 0 Å². The number of amides is 1. The number of hydrogen-bond donors (Lipinski definition) is 0. The van der Waals surface area contributed by atoms with E-state index in [4.69, 9.17) is 4.74 Å². The normalized spacial score (nSPS) is 21.6. The van der Waals surface area contributed by atoms with Gasteiger partial charge in [-0.25, -0.2) is 0 Å². The van der Waals surface area contributed by atoms with Crippen LogP contribution in [0.15, 0.2) is 60.7 Å². The van der Waals surface area contributed by atoms with E-state index in [1.165, 1.54) is 0 Å². The molecule has 0 bridgehead atoms. The molecule has 0 saturated carbocycles. The van der Waals surface area contributed by atoms with Crippen LogP contribution < -0.4 is 0 Å². The second kappa shape index (κ2) is 7.45. The Morgan fingerprint density at radius 1 is 0.958 bits per heavy atom. The van der Waals surface area contributed by atoms with E-state index in [1.807, 2.05) is 85.5 Å². The van der Waals surface area contributed by atoms with Gasteiger partial charge >= 0.3 is 0 Å². The molecule has 1 amide bonds. The van der Waals surface area contributed by atoms with Gasteiger partial charge in [-0.2, -0.15) is 0 Å². The van der Waals surface area contributed by atoms with E-state index in [0.717, 1.165) is 16.7 Å². The summed E-state index contributed by atoms with van der Waals surface area (Å²) in [6.45, 7) is 5.28. The van der Waals surface area contributed by atoms with Crippen LogP contribution in [0.5, 0.6) is 0 Å². The zero-order chi connectivity index (χ0) is 16.9. The number of ether oxygens (including phenoxy) is 1. The zero-order valence-corrected chi connectivity index (χ0v) is 14.2. The molecule has 0 aliphatic carbocycles. The number of morpholine rings is 1. The number of benzene rings is 2. The summed E-state index contributed by atoms with van der Waals surface area (Å²) in [6, 6.07) is 19.8. The fourth-order valence-corrected chi connectivity index (χ4v) is 3.12. The third kappa shape index (κ3) is 3.92. The maximum atomic E-state index is 13.2. The number of rotatable bonds is 3. The van der Waals surface area contributed by atoms with Crippen molar-refractivity contribution in [3.8, 4) is 0 Å². The fourth-order valence-electron chi connectivity index (χ4n) is 3.12. The van der Waals surface area contributed by atoms with E-state index in [2.05, 4.69) is 0 Å². The van der Waals surface area contributed by atoms with E-state index in [1.54, 1.807) is 0 Å². The highest BCUT2D eigenvalue weighted by molar-refractivity contribution is 6.24. The fraction of sp³-hybridized carbons (Fsp3) is 0.286. The molecule has 24 heavy (non-hydrogen) atoms. The number of carbonyl (C=O) groups excluding carboxylic acids is 1. The molecule has 3 heteroatoms. The average molecular weight is 321 g/mol. The lowest BCUT2D eigenvalue weighted by Crippen LogP contribution is -2.48. The van der Waals surface area contributed by atoms with Gasteiger partial charge in [-0.15, -0.1) is 0 Å². The minimum absolute atomic E-state index is 0.0615. The summed E-state index contributed by atoms with van der Waals surface area (Å²) in [6.07, 6.45) is 2.10. The highest BCUT2D eigenvalue weighted by Crippen LogP contribution is 2.23. The Hall–Kier alpha value is -2.39. The molecule has 124 valence electrons. The summed E-state index contributed by atoms with van der Waals surface area (Å²) in [5.41, 5.74) is 2.69. The van der Waals surface area contributed by atoms with Crippen LogP contribution in [0.1, 0.15) is 25.0 Å². The Morgan fingerprint density at radius 2 is 1.50 bits per heavy atom. The molecule has 3 rings (SSSR count). The molecule has 2 aromatic carbocycles. The lowest BCUT2D eigenvalue weighted by atomic mass is 10.0. The van der Waals surface area contributed by atoms with Crippen molar-refractivity contribution in [3.05, 3.63) is 71.8 Å². The predicted molar refractivity (Wildman–Crippen MR) is 97.3 cm³/mol. The number of hydrogen-bond acceptors (Lipinski definition) is 2. The van der Waals surface area contributed by atoms with E-state index in [0.29, 0.717) is 13.1 Å². The van der Waals surface area contributed by atoms with Crippen molar-refractivity contribution >= 4 is 17.6 Å². The SMILES string of the molecule is CC1CN(C(=O)C(=Cc2ccccc2)c2ccccc2)CC(C)O1. The van der Waals surface area contributed by atoms with Gasteiger partial charge < -0.3 is 9.64 Å². The van der Waals surface area contributed by atoms with E-state index in [9.17, 15) is 4.79 Å². The lowest BCUT2D eigenvalue weighted by Gasteiger charge is -2.35. The largest absolute Gasteiger partial charge is 0.372 e. The molecular formula is C21H23NO2. The van der Waals surface area contributed by atoms with Gasteiger partial charge in [-0.3, -0.25) is 4.79 Å². The Balaban J connectivity index is 1.96. The number of carbonyl (C=O) groups is 1. The Kier molecular flexibility index (Phi) is 5.11. The Labute approximate surface area is 143 Å². The van der Waals surface area contributed by atoms with Crippen molar-refractivity contribution in [2.75, 3.05) is 13.1 Å². The molecule has 3 nitrogen and oxygen atoms in total. The first-order chi connectivity index (χ1) is 11.6. The van der Waals surface area contributed by atoms with Crippen LogP contribution in [0.25, 0.3) is 11.6 Å². The predicted octanol–water partition coefficient (Wildman–Crippen LogP) is 3.86. The van der Waals surface area contributed by atoms with Gasteiger partial charge in [0.15, 0.2) is 0 Å². The minimum Gasteiger partial charge on any atom is -0.372 e. The minimum atomic E-state index is 0.0615.